The Kier molecular flexibility index (Phi) is 3.89. The topological polar surface area (TPSA) is 93.8 Å². The molecule has 0 spiro atoms. The summed E-state index contributed by atoms with van der Waals surface area (Å²) in [5.74, 6) is -0.646. The quantitative estimate of drug-likeness (QED) is 0.898. The van der Waals surface area contributed by atoms with E-state index in [0.717, 1.165) is 10.6 Å². The predicted octanol–water partition coefficient (Wildman–Crippen LogP) is 0.671. The van der Waals surface area contributed by atoms with Gasteiger partial charge in [-0.1, -0.05) is 6.07 Å². The van der Waals surface area contributed by atoms with E-state index in [2.05, 4.69) is 0 Å². The molecule has 2 aromatic rings. The third-order valence-corrected chi connectivity index (χ3v) is 3.10. The molecule has 1 aromatic heterocycles. The number of aromatic nitrogens is 2. The lowest BCUT2D eigenvalue weighted by Gasteiger charge is -2.10. The first-order valence-corrected chi connectivity index (χ1v) is 6.26. The lowest BCUT2D eigenvalue weighted by molar-refractivity contribution is 0.599. The number of nitrogens with two attached hydrogens (primary N) is 1. The molecule has 0 saturated heterocycles. The molecule has 7 heteroatoms. The van der Waals surface area contributed by atoms with Crippen molar-refractivity contribution in [3.05, 3.63) is 62.2 Å². The summed E-state index contributed by atoms with van der Waals surface area (Å²) < 4.78 is 15.5. The van der Waals surface area contributed by atoms with Crippen LogP contribution in [-0.4, -0.2) is 9.13 Å². The zero-order chi connectivity index (χ0) is 15.6. The molecular weight excluding hydrogens is 275 g/mol. The Morgan fingerprint density at radius 1 is 1.38 bits per heavy atom. The van der Waals surface area contributed by atoms with Gasteiger partial charge in [-0.25, -0.2) is 9.18 Å². The lowest BCUT2D eigenvalue weighted by atomic mass is 10.1. The van der Waals surface area contributed by atoms with Crippen LogP contribution in [0.4, 0.5) is 10.1 Å². The first-order valence-electron chi connectivity index (χ1n) is 6.26. The minimum absolute atomic E-state index is 0.0425. The van der Waals surface area contributed by atoms with E-state index in [4.69, 9.17) is 11.0 Å². The van der Waals surface area contributed by atoms with Crippen LogP contribution in [0.15, 0.2) is 34.0 Å². The van der Waals surface area contributed by atoms with Gasteiger partial charge in [0.15, 0.2) is 0 Å². The predicted molar refractivity (Wildman–Crippen MR) is 75.3 cm³/mol. The molecule has 6 nitrogen and oxygen atoms in total. The molecule has 0 unspecified atom stereocenters. The SMILES string of the molecule is CCn1cc(N)c(=O)n(Cc2ccc(F)c(C#N)c2)c1=O. The van der Waals surface area contributed by atoms with E-state index in [-0.39, 0.29) is 17.8 Å². The molecule has 108 valence electrons. The van der Waals surface area contributed by atoms with Crippen LogP contribution in [0.2, 0.25) is 0 Å². The Morgan fingerprint density at radius 2 is 2.10 bits per heavy atom. The molecular formula is C14H13FN4O2. The van der Waals surface area contributed by atoms with Gasteiger partial charge >= 0.3 is 5.69 Å². The van der Waals surface area contributed by atoms with E-state index in [9.17, 15) is 14.0 Å². The van der Waals surface area contributed by atoms with Gasteiger partial charge in [0.25, 0.3) is 5.56 Å². The summed E-state index contributed by atoms with van der Waals surface area (Å²) in [6.07, 6.45) is 1.30. The molecule has 1 heterocycles. The highest BCUT2D eigenvalue weighted by molar-refractivity contribution is 5.35. The maximum atomic E-state index is 13.3. The zero-order valence-corrected chi connectivity index (χ0v) is 11.3. The molecule has 0 bridgehead atoms. The van der Waals surface area contributed by atoms with Crippen LogP contribution in [0, 0.1) is 17.1 Å². The maximum Gasteiger partial charge on any atom is 0.331 e. The zero-order valence-electron chi connectivity index (χ0n) is 11.3. The number of nitriles is 1. The molecule has 0 radical (unpaired) electrons. The van der Waals surface area contributed by atoms with Gasteiger partial charge in [-0.05, 0) is 24.6 Å². The van der Waals surface area contributed by atoms with Gasteiger partial charge in [0.2, 0.25) is 0 Å². The van der Waals surface area contributed by atoms with Gasteiger partial charge in [-0.3, -0.25) is 13.9 Å². The second kappa shape index (κ2) is 5.63. The first kappa shape index (κ1) is 14.5. The normalized spacial score (nSPS) is 10.3. The van der Waals surface area contributed by atoms with Crippen molar-refractivity contribution >= 4 is 5.69 Å². The lowest BCUT2D eigenvalue weighted by Crippen LogP contribution is -2.40. The molecule has 2 rings (SSSR count). The maximum absolute atomic E-state index is 13.3. The molecule has 0 saturated carbocycles. The molecule has 0 fully saturated rings. The third kappa shape index (κ3) is 2.69. The molecule has 1 aromatic carbocycles. The van der Waals surface area contributed by atoms with E-state index in [1.807, 2.05) is 0 Å². The molecule has 2 N–H and O–H groups in total. The number of nitrogens with zero attached hydrogens (tertiary/aromatic N) is 3. The van der Waals surface area contributed by atoms with Crippen molar-refractivity contribution in [2.75, 3.05) is 5.73 Å². The highest BCUT2D eigenvalue weighted by Gasteiger charge is 2.10. The van der Waals surface area contributed by atoms with E-state index in [1.54, 1.807) is 13.0 Å². The van der Waals surface area contributed by atoms with Crippen LogP contribution in [0.1, 0.15) is 18.1 Å². The number of rotatable bonds is 3. The average Bonchev–Trinajstić information content (AvgIpc) is 2.48. The number of hydrogen-bond donors (Lipinski definition) is 1. The summed E-state index contributed by atoms with van der Waals surface area (Å²) in [5, 5.41) is 8.80. The van der Waals surface area contributed by atoms with Gasteiger partial charge in [-0.15, -0.1) is 0 Å². The van der Waals surface area contributed by atoms with Crippen molar-refractivity contribution in [3.8, 4) is 6.07 Å². The number of anilines is 1. The highest BCUT2D eigenvalue weighted by Crippen LogP contribution is 2.10. The number of hydrogen-bond acceptors (Lipinski definition) is 4. The highest BCUT2D eigenvalue weighted by atomic mass is 19.1. The van der Waals surface area contributed by atoms with Crippen molar-refractivity contribution < 1.29 is 4.39 Å². The standard InChI is InChI=1S/C14H13FN4O2/c1-2-18-8-12(17)13(20)19(14(18)21)7-9-3-4-11(15)10(5-9)6-16/h3-5,8H,2,7,17H2,1H3. The van der Waals surface area contributed by atoms with Crippen LogP contribution in [-0.2, 0) is 13.1 Å². The molecule has 0 aliphatic heterocycles. The third-order valence-electron chi connectivity index (χ3n) is 3.10. The van der Waals surface area contributed by atoms with Crippen molar-refractivity contribution in [2.24, 2.45) is 0 Å². The molecule has 0 amide bonds. The monoisotopic (exact) mass is 288 g/mol. The Morgan fingerprint density at radius 3 is 2.71 bits per heavy atom. The van der Waals surface area contributed by atoms with Crippen molar-refractivity contribution in [3.63, 3.8) is 0 Å². The molecule has 21 heavy (non-hydrogen) atoms. The van der Waals surface area contributed by atoms with Crippen LogP contribution in [0.3, 0.4) is 0 Å². The van der Waals surface area contributed by atoms with Gasteiger partial charge in [0.05, 0.1) is 12.1 Å². The molecule has 0 atom stereocenters. The van der Waals surface area contributed by atoms with Crippen LogP contribution >= 0.6 is 0 Å². The van der Waals surface area contributed by atoms with Gasteiger partial charge in [0.1, 0.15) is 17.6 Å². The Hall–Kier alpha value is -2.88. The summed E-state index contributed by atoms with van der Waals surface area (Å²) in [6, 6.07) is 5.57. The van der Waals surface area contributed by atoms with Crippen molar-refractivity contribution in [2.45, 2.75) is 20.0 Å². The smallest absolute Gasteiger partial charge is 0.331 e. The summed E-state index contributed by atoms with van der Waals surface area (Å²) in [6.45, 7) is 2.05. The summed E-state index contributed by atoms with van der Waals surface area (Å²) in [5.41, 5.74) is 4.78. The fourth-order valence-corrected chi connectivity index (χ4v) is 1.98. The average molecular weight is 288 g/mol. The fourth-order valence-electron chi connectivity index (χ4n) is 1.98. The number of halogens is 1. The fraction of sp³-hybridized carbons (Fsp3) is 0.214. The first-order chi connectivity index (χ1) is 9.97. The van der Waals surface area contributed by atoms with Crippen LogP contribution in [0.25, 0.3) is 0 Å². The Balaban J connectivity index is 2.55. The van der Waals surface area contributed by atoms with Gasteiger partial charge in [0, 0.05) is 12.7 Å². The van der Waals surface area contributed by atoms with E-state index in [0.29, 0.717) is 12.1 Å². The number of aryl methyl sites for hydroxylation is 1. The van der Waals surface area contributed by atoms with E-state index in [1.165, 1.54) is 22.9 Å². The molecule has 0 aliphatic rings. The van der Waals surface area contributed by atoms with E-state index < -0.39 is 17.1 Å². The Bertz CT molecular complexity index is 846. The second-order valence-corrected chi connectivity index (χ2v) is 4.47. The van der Waals surface area contributed by atoms with Crippen molar-refractivity contribution in [1.29, 1.82) is 5.26 Å². The minimum atomic E-state index is -0.646. The number of benzene rings is 1. The van der Waals surface area contributed by atoms with Crippen molar-refractivity contribution in [1.82, 2.24) is 9.13 Å². The van der Waals surface area contributed by atoms with Gasteiger partial charge in [-0.2, -0.15) is 5.26 Å². The Labute approximate surface area is 119 Å². The van der Waals surface area contributed by atoms with E-state index >= 15 is 0 Å². The molecule has 0 aliphatic carbocycles. The minimum Gasteiger partial charge on any atom is -0.393 e. The van der Waals surface area contributed by atoms with Gasteiger partial charge < -0.3 is 5.73 Å². The number of nitrogen functional groups attached to an aromatic ring is 1. The summed E-state index contributed by atoms with van der Waals surface area (Å²) in [7, 11) is 0. The van der Waals surface area contributed by atoms with Crippen LogP contribution < -0.4 is 17.0 Å². The second-order valence-electron chi connectivity index (χ2n) is 4.47. The summed E-state index contributed by atoms with van der Waals surface area (Å²) >= 11 is 0. The van der Waals surface area contributed by atoms with Crippen LogP contribution in [0.5, 0.6) is 0 Å². The summed E-state index contributed by atoms with van der Waals surface area (Å²) in [4.78, 5) is 24.1. The largest absolute Gasteiger partial charge is 0.393 e.